The van der Waals surface area contributed by atoms with Crippen molar-refractivity contribution in [2.24, 2.45) is 0 Å². The Morgan fingerprint density at radius 2 is 2.00 bits per heavy atom. The van der Waals surface area contributed by atoms with Crippen molar-refractivity contribution >= 4 is 5.97 Å². The second-order valence-electron chi connectivity index (χ2n) is 4.14. The minimum atomic E-state index is -0.887. The lowest BCUT2D eigenvalue weighted by atomic mass is 9.90. The summed E-state index contributed by atoms with van der Waals surface area (Å²) in [5, 5.41) is 9.47. The lowest BCUT2D eigenvalue weighted by Gasteiger charge is -2.13. The summed E-state index contributed by atoms with van der Waals surface area (Å²) in [5.74, 6) is -0.988. The number of hydrogen-bond acceptors (Lipinski definition) is 3. The number of rotatable bonds is 1. The van der Waals surface area contributed by atoms with Crippen LogP contribution in [0.15, 0.2) is 42.6 Å². The Hall–Kier alpha value is -2.36. The summed E-state index contributed by atoms with van der Waals surface area (Å²) in [6.45, 7) is 0.303. The van der Waals surface area contributed by atoms with Gasteiger partial charge in [-0.2, -0.15) is 0 Å². The van der Waals surface area contributed by atoms with E-state index in [1.54, 1.807) is 30.5 Å². The molecule has 4 heteroatoms. The van der Waals surface area contributed by atoms with E-state index in [4.69, 9.17) is 4.74 Å². The number of ether oxygens (including phenoxy) is 1. The zero-order chi connectivity index (χ0) is 12.5. The molecule has 1 aromatic carbocycles. The van der Waals surface area contributed by atoms with Gasteiger partial charge in [-0.25, -0.2) is 0 Å². The first-order valence-corrected chi connectivity index (χ1v) is 5.65. The minimum absolute atomic E-state index is 0.303. The lowest BCUT2D eigenvalue weighted by molar-refractivity contribution is -0.137. The lowest BCUT2D eigenvalue weighted by Crippen LogP contribution is -2.14. The van der Waals surface area contributed by atoms with Gasteiger partial charge in [0, 0.05) is 11.8 Å². The molecule has 4 nitrogen and oxygen atoms in total. The molecule has 0 radical (unpaired) electrons. The molecule has 1 N–H and O–H groups in total. The molecule has 0 amide bonds. The van der Waals surface area contributed by atoms with E-state index in [1.807, 2.05) is 12.1 Å². The van der Waals surface area contributed by atoms with Crippen molar-refractivity contribution in [2.45, 2.75) is 12.5 Å². The number of benzene rings is 1. The van der Waals surface area contributed by atoms with Crippen molar-refractivity contribution in [3.63, 3.8) is 0 Å². The zero-order valence-electron chi connectivity index (χ0n) is 9.54. The van der Waals surface area contributed by atoms with Gasteiger partial charge in [-0.1, -0.05) is 24.3 Å². The third-order valence-electron chi connectivity index (χ3n) is 3.08. The van der Waals surface area contributed by atoms with Crippen molar-refractivity contribution < 1.29 is 14.6 Å². The molecule has 1 aliphatic heterocycles. The number of carboxylic acid groups (broad SMARTS) is 1. The molecule has 3 rings (SSSR count). The molecule has 1 aromatic heterocycles. The third-order valence-corrected chi connectivity index (χ3v) is 3.08. The number of para-hydroxylation sites is 1. The summed E-state index contributed by atoms with van der Waals surface area (Å²) in [6.07, 6.45) is 1.65. The topological polar surface area (TPSA) is 59.4 Å². The van der Waals surface area contributed by atoms with Crippen LogP contribution in [-0.2, 0) is 11.4 Å². The quantitative estimate of drug-likeness (QED) is 0.831. The van der Waals surface area contributed by atoms with Crippen molar-refractivity contribution in [1.29, 1.82) is 0 Å². The summed E-state index contributed by atoms with van der Waals surface area (Å²) >= 11 is 0. The van der Waals surface area contributed by atoms with E-state index in [0.29, 0.717) is 29.2 Å². The largest absolute Gasteiger partial charge is 0.487 e. The second-order valence-corrected chi connectivity index (χ2v) is 4.14. The van der Waals surface area contributed by atoms with E-state index in [2.05, 4.69) is 4.98 Å². The maximum atomic E-state index is 11.5. The molecule has 1 atom stereocenters. The standard InChI is InChI=1S/C14H11NO3/c16-14(17)13-9-5-3-7-15-11(9)8-18-12-6-2-1-4-10(12)13/h1-7,13H,8H2,(H,16,17)/t13-/m0/s1. The van der Waals surface area contributed by atoms with Crippen molar-refractivity contribution in [3.8, 4) is 5.75 Å². The van der Waals surface area contributed by atoms with Crippen LogP contribution in [0.25, 0.3) is 0 Å². The van der Waals surface area contributed by atoms with E-state index in [0.717, 1.165) is 0 Å². The second kappa shape index (κ2) is 4.14. The van der Waals surface area contributed by atoms with Gasteiger partial charge in [0.2, 0.25) is 0 Å². The summed E-state index contributed by atoms with van der Waals surface area (Å²) in [6, 6.07) is 10.8. The van der Waals surface area contributed by atoms with Crippen molar-refractivity contribution in [2.75, 3.05) is 0 Å². The average Bonchev–Trinajstić information content (AvgIpc) is 2.55. The highest BCUT2D eigenvalue weighted by atomic mass is 16.5. The third kappa shape index (κ3) is 1.62. The van der Waals surface area contributed by atoms with Crippen LogP contribution in [0.5, 0.6) is 5.75 Å². The van der Waals surface area contributed by atoms with E-state index < -0.39 is 11.9 Å². The minimum Gasteiger partial charge on any atom is -0.487 e. The van der Waals surface area contributed by atoms with Gasteiger partial charge in [-0.05, 0) is 17.7 Å². The highest BCUT2D eigenvalue weighted by molar-refractivity contribution is 5.82. The number of aromatic nitrogens is 1. The van der Waals surface area contributed by atoms with E-state index in [-0.39, 0.29) is 0 Å². The van der Waals surface area contributed by atoms with Gasteiger partial charge >= 0.3 is 5.97 Å². The first-order chi connectivity index (χ1) is 8.77. The fourth-order valence-electron chi connectivity index (χ4n) is 2.26. The Kier molecular flexibility index (Phi) is 2.48. The van der Waals surface area contributed by atoms with Crippen LogP contribution in [0.2, 0.25) is 0 Å². The molecule has 90 valence electrons. The molecule has 18 heavy (non-hydrogen) atoms. The Balaban J connectivity index is 2.24. The number of aliphatic carboxylic acids is 1. The molecular formula is C14H11NO3. The molecule has 0 saturated heterocycles. The monoisotopic (exact) mass is 241 g/mol. The summed E-state index contributed by atoms with van der Waals surface area (Å²) < 4.78 is 5.63. The molecule has 0 bridgehead atoms. The number of nitrogens with zero attached hydrogens (tertiary/aromatic N) is 1. The molecule has 0 saturated carbocycles. The Morgan fingerprint density at radius 1 is 1.22 bits per heavy atom. The Bertz CT molecular complexity index is 562. The average molecular weight is 241 g/mol. The predicted molar refractivity (Wildman–Crippen MR) is 64.5 cm³/mol. The van der Waals surface area contributed by atoms with Gasteiger partial charge in [-0.15, -0.1) is 0 Å². The van der Waals surface area contributed by atoms with Crippen LogP contribution in [0.1, 0.15) is 22.7 Å². The van der Waals surface area contributed by atoms with E-state index in [9.17, 15) is 9.90 Å². The number of carboxylic acids is 1. The molecule has 2 heterocycles. The van der Waals surface area contributed by atoms with Gasteiger partial charge < -0.3 is 9.84 Å². The fourth-order valence-corrected chi connectivity index (χ4v) is 2.26. The maximum absolute atomic E-state index is 11.5. The SMILES string of the molecule is O=C(O)[C@@H]1c2ccccc2OCc2ncccc21. The number of pyridine rings is 1. The van der Waals surface area contributed by atoms with Crippen LogP contribution in [-0.4, -0.2) is 16.1 Å². The van der Waals surface area contributed by atoms with Gasteiger partial charge in [0.1, 0.15) is 18.3 Å². The molecule has 0 aliphatic carbocycles. The molecule has 0 spiro atoms. The van der Waals surface area contributed by atoms with Gasteiger partial charge in [0.25, 0.3) is 0 Å². The molecule has 1 aliphatic rings. The van der Waals surface area contributed by atoms with Crippen LogP contribution in [0, 0.1) is 0 Å². The predicted octanol–water partition coefficient (Wildman–Crippen LogP) is 2.19. The molecule has 0 fully saturated rings. The Labute approximate surface area is 104 Å². The first kappa shape index (κ1) is 10.8. The van der Waals surface area contributed by atoms with Crippen LogP contribution >= 0.6 is 0 Å². The summed E-state index contributed by atoms with van der Waals surface area (Å²) in [5.41, 5.74) is 2.06. The number of carbonyl (C=O) groups is 1. The summed E-state index contributed by atoms with van der Waals surface area (Å²) in [4.78, 5) is 15.8. The molecule has 2 aromatic rings. The number of hydrogen-bond donors (Lipinski definition) is 1. The van der Waals surface area contributed by atoms with Crippen molar-refractivity contribution in [3.05, 3.63) is 59.4 Å². The van der Waals surface area contributed by atoms with Crippen molar-refractivity contribution in [1.82, 2.24) is 4.98 Å². The van der Waals surface area contributed by atoms with Crippen LogP contribution in [0.4, 0.5) is 0 Å². The normalized spacial score (nSPS) is 17.0. The number of fused-ring (bicyclic) bond motifs is 2. The van der Waals surface area contributed by atoms with Crippen LogP contribution in [0.3, 0.4) is 0 Å². The highest BCUT2D eigenvalue weighted by Gasteiger charge is 2.30. The smallest absolute Gasteiger partial charge is 0.315 e. The van der Waals surface area contributed by atoms with Gasteiger partial charge in [0.15, 0.2) is 0 Å². The maximum Gasteiger partial charge on any atom is 0.315 e. The fraction of sp³-hybridized carbons (Fsp3) is 0.143. The molecule has 0 unspecified atom stereocenters. The van der Waals surface area contributed by atoms with Crippen LogP contribution < -0.4 is 4.74 Å². The first-order valence-electron chi connectivity index (χ1n) is 5.65. The highest BCUT2D eigenvalue weighted by Crippen LogP contribution is 2.36. The zero-order valence-corrected chi connectivity index (χ0v) is 9.54. The molecular weight excluding hydrogens is 230 g/mol. The van der Waals surface area contributed by atoms with Gasteiger partial charge in [-0.3, -0.25) is 9.78 Å². The van der Waals surface area contributed by atoms with E-state index >= 15 is 0 Å². The van der Waals surface area contributed by atoms with E-state index in [1.165, 1.54) is 0 Å². The Morgan fingerprint density at radius 3 is 2.83 bits per heavy atom. The summed E-state index contributed by atoms with van der Waals surface area (Å²) in [7, 11) is 0. The van der Waals surface area contributed by atoms with Gasteiger partial charge in [0.05, 0.1) is 5.69 Å².